The highest BCUT2D eigenvalue weighted by Gasteiger charge is 2.23. The molecular formula is C8H14N2OS. The average Bonchev–Trinajstić information content (AvgIpc) is 2.68. The fraction of sp³-hybridized carbons (Fsp3) is 0.875. The van der Waals surface area contributed by atoms with E-state index in [1.165, 1.54) is 32.1 Å². The summed E-state index contributed by atoms with van der Waals surface area (Å²) >= 11 is 5.01. The zero-order valence-corrected chi connectivity index (χ0v) is 7.82. The normalized spacial score (nSPS) is 23.0. The zero-order chi connectivity index (χ0) is 8.39. The van der Waals surface area contributed by atoms with Crippen LogP contribution in [-0.4, -0.2) is 17.3 Å². The first-order valence-corrected chi connectivity index (χ1v) is 4.97. The highest BCUT2D eigenvalue weighted by molar-refractivity contribution is 7.80. The quantitative estimate of drug-likeness (QED) is 0.511. The SMILES string of the molecule is S=C(NOC1CCC1)NC1CC1. The fourth-order valence-corrected chi connectivity index (χ4v) is 1.28. The van der Waals surface area contributed by atoms with Crippen molar-refractivity contribution in [3.63, 3.8) is 0 Å². The van der Waals surface area contributed by atoms with E-state index in [0.717, 1.165) is 0 Å². The predicted octanol–water partition coefficient (Wildman–Crippen LogP) is 1.10. The minimum atomic E-state index is 0.393. The Morgan fingerprint density at radius 2 is 2.00 bits per heavy atom. The van der Waals surface area contributed by atoms with Crippen molar-refractivity contribution in [1.82, 2.24) is 10.8 Å². The first-order valence-electron chi connectivity index (χ1n) is 4.57. The van der Waals surface area contributed by atoms with Gasteiger partial charge in [0.1, 0.15) is 0 Å². The Balaban J connectivity index is 1.55. The Kier molecular flexibility index (Phi) is 2.46. The summed E-state index contributed by atoms with van der Waals surface area (Å²) in [5.74, 6) is 0. The maximum atomic E-state index is 5.31. The van der Waals surface area contributed by atoms with Crippen LogP contribution in [0.25, 0.3) is 0 Å². The summed E-state index contributed by atoms with van der Waals surface area (Å²) in [7, 11) is 0. The summed E-state index contributed by atoms with van der Waals surface area (Å²) in [5, 5.41) is 3.80. The lowest BCUT2D eigenvalue weighted by atomic mass is 9.97. The van der Waals surface area contributed by atoms with Gasteiger partial charge in [0.2, 0.25) is 0 Å². The Morgan fingerprint density at radius 1 is 1.25 bits per heavy atom. The number of hydrogen-bond acceptors (Lipinski definition) is 2. The van der Waals surface area contributed by atoms with Crippen molar-refractivity contribution in [1.29, 1.82) is 0 Å². The van der Waals surface area contributed by atoms with Crippen LogP contribution in [0.15, 0.2) is 0 Å². The van der Waals surface area contributed by atoms with E-state index >= 15 is 0 Å². The van der Waals surface area contributed by atoms with Crippen LogP contribution in [0.5, 0.6) is 0 Å². The van der Waals surface area contributed by atoms with E-state index < -0.39 is 0 Å². The summed E-state index contributed by atoms with van der Waals surface area (Å²) in [6.45, 7) is 0. The van der Waals surface area contributed by atoms with Crippen molar-refractivity contribution in [3.05, 3.63) is 0 Å². The molecule has 2 aliphatic rings. The van der Waals surface area contributed by atoms with Gasteiger partial charge in [0, 0.05) is 6.04 Å². The summed E-state index contributed by atoms with van der Waals surface area (Å²) in [4.78, 5) is 5.31. The van der Waals surface area contributed by atoms with Crippen LogP contribution in [0.2, 0.25) is 0 Å². The Labute approximate surface area is 77.8 Å². The molecule has 0 unspecified atom stereocenters. The highest BCUT2D eigenvalue weighted by atomic mass is 32.1. The molecule has 0 radical (unpaired) electrons. The molecule has 0 aromatic carbocycles. The lowest BCUT2D eigenvalue weighted by molar-refractivity contribution is -0.0345. The van der Waals surface area contributed by atoms with Crippen molar-refractivity contribution in [2.24, 2.45) is 0 Å². The first kappa shape index (κ1) is 8.26. The molecule has 2 saturated carbocycles. The van der Waals surface area contributed by atoms with Gasteiger partial charge in [-0.1, -0.05) is 0 Å². The van der Waals surface area contributed by atoms with Crippen LogP contribution in [0.1, 0.15) is 32.1 Å². The van der Waals surface area contributed by atoms with Gasteiger partial charge < -0.3 is 5.32 Å². The average molecular weight is 186 g/mol. The smallest absolute Gasteiger partial charge is 0.190 e. The standard InChI is InChI=1S/C8H14N2OS/c12-8(9-6-4-5-6)10-11-7-2-1-3-7/h6-7H,1-5H2,(H2,9,10,12). The molecular weight excluding hydrogens is 172 g/mol. The van der Waals surface area contributed by atoms with E-state index in [-0.39, 0.29) is 0 Å². The van der Waals surface area contributed by atoms with Gasteiger partial charge in [-0.05, 0) is 44.3 Å². The van der Waals surface area contributed by atoms with Gasteiger partial charge in [-0.15, -0.1) is 0 Å². The van der Waals surface area contributed by atoms with E-state index in [1.807, 2.05) is 0 Å². The molecule has 0 amide bonds. The van der Waals surface area contributed by atoms with Crippen LogP contribution < -0.4 is 10.8 Å². The summed E-state index contributed by atoms with van der Waals surface area (Å²) in [6, 6.07) is 0.606. The Hall–Kier alpha value is -0.350. The fourth-order valence-electron chi connectivity index (χ4n) is 1.07. The maximum absolute atomic E-state index is 5.31. The van der Waals surface area contributed by atoms with Crippen LogP contribution in [-0.2, 0) is 4.84 Å². The van der Waals surface area contributed by atoms with E-state index in [4.69, 9.17) is 17.1 Å². The lowest BCUT2D eigenvalue weighted by Gasteiger charge is -2.25. The Bertz CT molecular complexity index is 178. The minimum Gasteiger partial charge on any atom is -0.358 e. The third kappa shape index (κ3) is 2.32. The van der Waals surface area contributed by atoms with E-state index in [2.05, 4.69) is 10.8 Å². The van der Waals surface area contributed by atoms with E-state index in [9.17, 15) is 0 Å². The second-order valence-electron chi connectivity index (χ2n) is 3.52. The Morgan fingerprint density at radius 3 is 2.50 bits per heavy atom. The molecule has 2 rings (SSSR count). The molecule has 0 aliphatic heterocycles. The molecule has 2 N–H and O–H groups in total. The van der Waals surface area contributed by atoms with Crippen LogP contribution in [0.4, 0.5) is 0 Å². The number of hydroxylamine groups is 1. The second kappa shape index (κ2) is 3.58. The monoisotopic (exact) mass is 186 g/mol. The van der Waals surface area contributed by atoms with Crippen LogP contribution in [0.3, 0.4) is 0 Å². The number of hydrogen-bond donors (Lipinski definition) is 2. The number of thiocarbonyl (C=S) groups is 1. The molecule has 0 spiro atoms. The van der Waals surface area contributed by atoms with E-state index in [0.29, 0.717) is 17.3 Å². The predicted molar refractivity (Wildman–Crippen MR) is 50.6 cm³/mol. The van der Waals surface area contributed by atoms with Gasteiger partial charge >= 0.3 is 0 Å². The third-order valence-corrected chi connectivity index (χ3v) is 2.48. The first-order chi connectivity index (χ1) is 5.84. The molecule has 12 heavy (non-hydrogen) atoms. The van der Waals surface area contributed by atoms with Gasteiger partial charge in [-0.3, -0.25) is 4.84 Å². The molecule has 0 atom stereocenters. The summed E-state index contributed by atoms with van der Waals surface area (Å²) < 4.78 is 0. The highest BCUT2D eigenvalue weighted by Crippen LogP contribution is 2.21. The molecule has 0 aromatic heterocycles. The van der Waals surface area contributed by atoms with Gasteiger partial charge in [-0.2, -0.15) is 0 Å². The summed E-state index contributed by atoms with van der Waals surface area (Å²) in [5.41, 5.74) is 2.78. The third-order valence-electron chi connectivity index (χ3n) is 2.28. The summed E-state index contributed by atoms with van der Waals surface area (Å²) in [6.07, 6.45) is 6.49. The minimum absolute atomic E-state index is 0.393. The zero-order valence-electron chi connectivity index (χ0n) is 7.01. The number of nitrogens with one attached hydrogen (secondary N) is 2. The van der Waals surface area contributed by atoms with Crippen molar-refractivity contribution in [2.75, 3.05) is 0 Å². The van der Waals surface area contributed by atoms with Gasteiger partial charge in [0.15, 0.2) is 5.11 Å². The number of rotatable bonds is 3. The van der Waals surface area contributed by atoms with Crippen molar-refractivity contribution in [2.45, 2.75) is 44.2 Å². The van der Waals surface area contributed by atoms with Crippen molar-refractivity contribution >= 4 is 17.3 Å². The van der Waals surface area contributed by atoms with Crippen molar-refractivity contribution < 1.29 is 4.84 Å². The lowest BCUT2D eigenvalue weighted by Crippen LogP contribution is -2.40. The molecule has 2 fully saturated rings. The maximum Gasteiger partial charge on any atom is 0.190 e. The van der Waals surface area contributed by atoms with Crippen LogP contribution >= 0.6 is 12.2 Å². The molecule has 3 nitrogen and oxygen atoms in total. The van der Waals surface area contributed by atoms with Gasteiger partial charge in [-0.25, -0.2) is 5.48 Å². The second-order valence-corrected chi connectivity index (χ2v) is 3.93. The van der Waals surface area contributed by atoms with Crippen LogP contribution in [0, 0.1) is 0 Å². The van der Waals surface area contributed by atoms with Gasteiger partial charge in [0.25, 0.3) is 0 Å². The largest absolute Gasteiger partial charge is 0.358 e. The molecule has 0 aromatic rings. The van der Waals surface area contributed by atoms with Crippen molar-refractivity contribution in [3.8, 4) is 0 Å². The molecule has 2 aliphatic carbocycles. The molecule has 0 bridgehead atoms. The van der Waals surface area contributed by atoms with Gasteiger partial charge in [0.05, 0.1) is 6.10 Å². The molecule has 0 saturated heterocycles. The molecule has 0 heterocycles. The molecule has 4 heteroatoms. The molecule has 68 valence electrons. The van der Waals surface area contributed by atoms with E-state index in [1.54, 1.807) is 0 Å². The topological polar surface area (TPSA) is 33.3 Å².